The van der Waals surface area contributed by atoms with Gasteiger partial charge in [0.2, 0.25) is 0 Å². The number of rotatable bonds is 3. The van der Waals surface area contributed by atoms with E-state index in [4.69, 9.17) is 0 Å². The topological polar surface area (TPSA) is 0 Å². The van der Waals surface area contributed by atoms with E-state index in [-0.39, 0.29) is 0 Å². The zero-order chi connectivity index (χ0) is 8.10. The standard InChI is InChI=1S/C10H14S/c1-3-5-6-10-8-7-9(4-2)11-10/h5-8H,3-4H2,1-2H3/b6-5+. The third-order valence-electron chi connectivity index (χ3n) is 1.55. The molecule has 0 unspecified atom stereocenters. The first kappa shape index (κ1) is 8.54. The highest BCUT2D eigenvalue weighted by Gasteiger charge is 1.92. The molecular formula is C10H14S. The average molecular weight is 166 g/mol. The lowest BCUT2D eigenvalue weighted by Gasteiger charge is -1.83. The van der Waals surface area contributed by atoms with Crippen LogP contribution in [-0.2, 0) is 6.42 Å². The largest absolute Gasteiger partial charge is 0.141 e. The predicted molar refractivity (Wildman–Crippen MR) is 53.0 cm³/mol. The van der Waals surface area contributed by atoms with Crippen molar-refractivity contribution in [1.82, 2.24) is 0 Å². The predicted octanol–water partition coefficient (Wildman–Crippen LogP) is 3.73. The van der Waals surface area contributed by atoms with Gasteiger partial charge in [-0.2, -0.15) is 0 Å². The van der Waals surface area contributed by atoms with E-state index in [0.717, 1.165) is 12.8 Å². The van der Waals surface area contributed by atoms with Crippen molar-refractivity contribution in [3.05, 3.63) is 28.0 Å². The van der Waals surface area contributed by atoms with Crippen molar-refractivity contribution in [3.63, 3.8) is 0 Å². The Hall–Kier alpha value is -0.560. The molecule has 0 bridgehead atoms. The smallest absolute Gasteiger partial charge is 0.0270 e. The minimum atomic E-state index is 1.12. The summed E-state index contributed by atoms with van der Waals surface area (Å²) in [6.07, 6.45) is 6.68. The summed E-state index contributed by atoms with van der Waals surface area (Å²) in [6.45, 7) is 4.35. The van der Waals surface area contributed by atoms with E-state index >= 15 is 0 Å². The summed E-state index contributed by atoms with van der Waals surface area (Å²) in [4.78, 5) is 2.85. The van der Waals surface area contributed by atoms with Gasteiger partial charge in [-0.15, -0.1) is 11.3 Å². The maximum Gasteiger partial charge on any atom is 0.0270 e. The quantitative estimate of drug-likeness (QED) is 0.641. The van der Waals surface area contributed by atoms with Crippen LogP contribution in [-0.4, -0.2) is 0 Å². The molecule has 0 aliphatic carbocycles. The molecule has 0 spiro atoms. The zero-order valence-electron chi connectivity index (χ0n) is 7.13. The Morgan fingerprint density at radius 2 is 2.18 bits per heavy atom. The highest BCUT2D eigenvalue weighted by Crippen LogP contribution is 2.18. The molecule has 1 heterocycles. The van der Waals surface area contributed by atoms with Crippen LogP contribution in [0.25, 0.3) is 6.08 Å². The van der Waals surface area contributed by atoms with E-state index in [9.17, 15) is 0 Å². The summed E-state index contributed by atoms with van der Waals surface area (Å²) < 4.78 is 0. The second-order valence-corrected chi connectivity index (χ2v) is 3.67. The van der Waals surface area contributed by atoms with Gasteiger partial charge in [0.15, 0.2) is 0 Å². The molecule has 0 nitrogen and oxygen atoms in total. The normalized spacial score (nSPS) is 11.1. The van der Waals surface area contributed by atoms with Crippen molar-refractivity contribution in [2.75, 3.05) is 0 Å². The number of hydrogen-bond acceptors (Lipinski definition) is 1. The summed E-state index contributed by atoms with van der Waals surface area (Å²) in [7, 11) is 0. The van der Waals surface area contributed by atoms with Crippen LogP contribution in [0.3, 0.4) is 0 Å². The first-order valence-electron chi connectivity index (χ1n) is 4.12. The van der Waals surface area contributed by atoms with Crippen LogP contribution in [0, 0.1) is 0 Å². The Morgan fingerprint density at radius 1 is 1.36 bits per heavy atom. The lowest BCUT2D eigenvalue weighted by molar-refractivity contribution is 1.19. The van der Waals surface area contributed by atoms with Crippen molar-refractivity contribution in [3.8, 4) is 0 Å². The molecule has 0 radical (unpaired) electrons. The van der Waals surface area contributed by atoms with Gasteiger partial charge in [-0.1, -0.05) is 19.9 Å². The van der Waals surface area contributed by atoms with Gasteiger partial charge in [0, 0.05) is 9.75 Å². The van der Waals surface area contributed by atoms with E-state index in [2.05, 4.69) is 38.1 Å². The molecule has 11 heavy (non-hydrogen) atoms. The average Bonchev–Trinajstić information content (AvgIpc) is 2.48. The molecule has 1 rings (SSSR count). The van der Waals surface area contributed by atoms with E-state index < -0.39 is 0 Å². The minimum Gasteiger partial charge on any atom is -0.141 e. The molecule has 1 aromatic heterocycles. The second kappa shape index (κ2) is 4.35. The van der Waals surface area contributed by atoms with Crippen LogP contribution in [0.15, 0.2) is 18.2 Å². The Labute approximate surface area is 72.6 Å². The fourth-order valence-electron chi connectivity index (χ4n) is 0.908. The fourth-order valence-corrected chi connectivity index (χ4v) is 1.79. The third-order valence-corrected chi connectivity index (χ3v) is 2.74. The summed E-state index contributed by atoms with van der Waals surface area (Å²) >= 11 is 1.89. The van der Waals surface area contributed by atoms with Crippen molar-refractivity contribution >= 4 is 17.4 Å². The first-order chi connectivity index (χ1) is 5.36. The summed E-state index contributed by atoms with van der Waals surface area (Å²) in [5.41, 5.74) is 0. The van der Waals surface area contributed by atoms with Crippen LogP contribution < -0.4 is 0 Å². The molecule has 0 saturated heterocycles. The summed E-state index contributed by atoms with van der Waals surface area (Å²) in [6, 6.07) is 4.40. The Bertz CT molecular complexity index is 233. The van der Waals surface area contributed by atoms with Gasteiger partial charge in [0.1, 0.15) is 0 Å². The molecule has 1 aromatic rings. The summed E-state index contributed by atoms with van der Waals surface area (Å²) in [5.74, 6) is 0. The van der Waals surface area contributed by atoms with Gasteiger partial charge in [-0.05, 0) is 31.1 Å². The van der Waals surface area contributed by atoms with E-state index in [1.807, 2.05) is 11.3 Å². The van der Waals surface area contributed by atoms with Gasteiger partial charge in [0.05, 0.1) is 0 Å². The highest BCUT2D eigenvalue weighted by atomic mass is 32.1. The molecule has 1 heteroatoms. The van der Waals surface area contributed by atoms with Crippen molar-refractivity contribution in [2.24, 2.45) is 0 Å². The number of thiophene rings is 1. The van der Waals surface area contributed by atoms with Gasteiger partial charge < -0.3 is 0 Å². The highest BCUT2D eigenvalue weighted by molar-refractivity contribution is 7.12. The van der Waals surface area contributed by atoms with Crippen molar-refractivity contribution in [1.29, 1.82) is 0 Å². The summed E-state index contributed by atoms with van der Waals surface area (Å²) in [5, 5.41) is 0. The Morgan fingerprint density at radius 3 is 2.73 bits per heavy atom. The maximum absolute atomic E-state index is 2.21. The van der Waals surface area contributed by atoms with Crippen molar-refractivity contribution in [2.45, 2.75) is 26.7 Å². The van der Waals surface area contributed by atoms with Gasteiger partial charge >= 0.3 is 0 Å². The fraction of sp³-hybridized carbons (Fsp3) is 0.400. The molecule has 0 aromatic carbocycles. The van der Waals surface area contributed by atoms with Gasteiger partial charge in [-0.25, -0.2) is 0 Å². The van der Waals surface area contributed by atoms with E-state index in [1.165, 1.54) is 9.75 Å². The lowest BCUT2D eigenvalue weighted by atomic mass is 10.3. The molecule has 0 aliphatic rings. The van der Waals surface area contributed by atoms with E-state index in [0.29, 0.717) is 0 Å². The van der Waals surface area contributed by atoms with E-state index in [1.54, 1.807) is 0 Å². The molecule has 0 amide bonds. The molecule has 0 saturated carbocycles. The molecule has 0 atom stereocenters. The Balaban J connectivity index is 2.65. The maximum atomic E-state index is 2.21. The monoisotopic (exact) mass is 166 g/mol. The SMILES string of the molecule is CC/C=C/c1ccc(CC)s1. The molecule has 60 valence electrons. The van der Waals surface area contributed by atoms with Crippen LogP contribution in [0.5, 0.6) is 0 Å². The Kier molecular flexibility index (Phi) is 3.37. The number of aryl methyl sites for hydroxylation is 1. The third kappa shape index (κ3) is 2.51. The van der Waals surface area contributed by atoms with Gasteiger partial charge in [-0.3, -0.25) is 0 Å². The first-order valence-corrected chi connectivity index (χ1v) is 4.93. The van der Waals surface area contributed by atoms with Crippen LogP contribution in [0.2, 0.25) is 0 Å². The number of hydrogen-bond donors (Lipinski definition) is 0. The van der Waals surface area contributed by atoms with Crippen molar-refractivity contribution < 1.29 is 0 Å². The molecule has 0 fully saturated rings. The number of allylic oxidation sites excluding steroid dienone is 1. The molecular weight excluding hydrogens is 152 g/mol. The second-order valence-electron chi connectivity index (χ2n) is 2.47. The lowest BCUT2D eigenvalue weighted by Crippen LogP contribution is -1.63. The molecule has 0 N–H and O–H groups in total. The van der Waals surface area contributed by atoms with Crippen LogP contribution >= 0.6 is 11.3 Å². The van der Waals surface area contributed by atoms with Gasteiger partial charge in [0.25, 0.3) is 0 Å². The minimum absolute atomic E-state index is 1.12. The van der Waals surface area contributed by atoms with Crippen LogP contribution in [0.4, 0.5) is 0 Å². The molecule has 0 aliphatic heterocycles. The zero-order valence-corrected chi connectivity index (χ0v) is 7.95. The van der Waals surface area contributed by atoms with Crippen LogP contribution in [0.1, 0.15) is 30.0 Å².